The van der Waals surface area contributed by atoms with E-state index in [9.17, 15) is 14.4 Å². The SMILES string of the molecule is NC(=O)NCCCN1C(=O)S/C(=C/c2ccc(Sc3nc4ccccc4[nH]3)o2)C1=O. The summed E-state index contributed by atoms with van der Waals surface area (Å²) in [5, 5.41) is 3.38. The molecule has 3 heterocycles. The van der Waals surface area contributed by atoms with Crippen molar-refractivity contribution in [2.75, 3.05) is 13.1 Å². The first-order valence-corrected chi connectivity index (χ1v) is 10.6. The third kappa shape index (κ3) is 4.52. The molecule has 0 bridgehead atoms. The highest BCUT2D eigenvalue weighted by molar-refractivity contribution is 8.18. The van der Waals surface area contributed by atoms with E-state index in [1.165, 1.54) is 11.8 Å². The number of carbonyl (C=O) groups is 3. The maximum absolute atomic E-state index is 12.5. The predicted molar refractivity (Wildman–Crippen MR) is 114 cm³/mol. The molecule has 0 saturated carbocycles. The molecule has 2 aromatic heterocycles. The van der Waals surface area contributed by atoms with Crippen molar-refractivity contribution in [3.8, 4) is 0 Å². The minimum Gasteiger partial charge on any atom is -0.450 e. The lowest BCUT2D eigenvalue weighted by Crippen LogP contribution is -2.34. The zero-order valence-corrected chi connectivity index (χ0v) is 17.2. The number of hydrogen-bond acceptors (Lipinski definition) is 7. The number of benzene rings is 1. The van der Waals surface area contributed by atoms with Gasteiger partial charge in [-0.05, 0) is 54.2 Å². The molecule has 0 atom stereocenters. The van der Waals surface area contributed by atoms with Gasteiger partial charge >= 0.3 is 6.03 Å². The van der Waals surface area contributed by atoms with Gasteiger partial charge in [-0.1, -0.05) is 12.1 Å². The normalized spacial score (nSPS) is 15.5. The Hall–Kier alpha value is -3.18. The molecule has 1 aliphatic rings. The van der Waals surface area contributed by atoms with Crippen LogP contribution < -0.4 is 11.1 Å². The number of nitrogens with zero attached hydrogens (tertiary/aromatic N) is 2. The molecule has 4 rings (SSSR count). The number of carbonyl (C=O) groups excluding carboxylic acids is 3. The number of thioether (sulfide) groups is 1. The summed E-state index contributed by atoms with van der Waals surface area (Å²) in [7, 11) is 0. The maximum atomic E-state index is 12.5. The largest absolute Gasteiger partial charge is 0.450 e. The monoisotopic (exact) mass is 443 g/mol. The Balaban J connectivity index is 1.40. The molecule has 1 aromatic carbocycles. The van der Waals surface area contributed by atoms with Crippen molar-refractivity contribution < 1.29 is 18.8 Å². The number of primary amides is 1. The molecule has 3 aromatic rings. The quantitative estimate of drug-likeness (QED) is 0.376. The first-order valence-electron chi connectivity index (χ1n) is 9.01. The smallest absolute Gasteiger partial charge is 0.312 e. The predicted octanol–water partition coefficient (Wildman–Crippen LogP) is 3.40. The number of hydrogen-bond donors (Lipinski definition) is 3. The Morgan fingerprint density at radius 2 is 2.13 bits per heavy atom. The zero-order chi connectivity index (χ0) is 21.1. The lowest BCUT2D eigenvalue weighted by Gasteiger charge is -2.11. The number of rotatable bonds is 7. The van der Waals surface area contributed by atoms with Gasteiger partial charge in [0, 0.05) is 19.2 Å². The van der Waals surface area contributed by atoms with E-state index in [2.05, 4.69) is 15.3 Å². The van der Waals surface area contributed by atoms with Gasteiger partial charge in [-0.3, -0.25) is 14.5 Å². The molecular formula is C19H17N5O4S2. The number of urea groups is 1. The van der Waals surface area contributed by atoms with Crippen LogP contribution in [-0.4, -0.2) is 45.1 Å². The topological polar surface area (TPSA) is 134 Å². The van der Waals surface area contributed by atoms with Gasteiger partial charge in [-0.15, -0.1) is 0 Å². The number of fused-ring (bicyclic) bond motifs is 1. The van der Waals surface area contributed by atoms with Crippen LogP contribution in [0.5, 0.6) is 0 Å². The second-order valence-electron chi connectivity index (χ2n) is 6.30. The van der Waals surface area contributed by atoms with Crippen LogP contribution in [0.25, 0.3) is 17.1 Å². The average Bonchev–Trinajstić information content (AvgIpc) is 3.38. The fourth-order valence-electron chi connectivity index (χ4n) is 2.81. The number of imide groups is 1. The zero-order valence-electron chi connectivity index (χ0n) is 15.6. The fourth-order valence-corrected chi connectivity index (χ4v) is 4.43. The summed E-state index contributed by atoms with van der Waals surface area (Å²) >= 11 is 2.19. The van der Waals surface area contributed by atoms with Crippen LogP contribution in [-0.2, 0) is 4.79 Å². The lowest BCUT2D eigenvalue weighted by molar-refractivity contribution is -0.122. The molecule has 9 nitrogen and oxygen atoms in total. The van der Waals surface area contributed by atoms with E-state index in [0.717, 1.165) is 27.7 Å². The lowest BCUT2D eigenvalue weighted by atomic mass is 10.3. The van der Waals surface area contributed by atoms with Gasteiger partial charge in [0.05, 0.1) is 15.9 Å². The summed E-state index contributed by atoms with van der Waals surface area (Å²) in [6.07, 6.45) is 1.97. The second kappa shape index (κ2) is 8.67. The van der Waals surface area contributed by atoms with Crippen molar-refractivity contribution in [1.29, 1.82) is 0 Å². The van der Waals surface area contributed by atoms with Crippen molar-refractivity contribution in [3.05, 3.63) is 47.1 Å². The van der Waals surface area contributed by atoms with Crippen molar-refractivity contribution in [3.63, 3.8) is 0 Å². The Kier molecular flexibility index (Phi) is 5.81. The van der Waals surface area contributed by atoms with E-state index in [0.29, 0.717) is 22.4 Å². The Bertz CT molecular complexity index is 1120. The number of furan rings is 1. The van der Waals surface area contributed by atoms with Crippen LogP contribution >= 0.6 is 23.5 Å². The van der Waals surface area contributed by atoms with Crippen LogP contribution in [0.2, 0.25) is 0 Å². The number of amides is 4. The van der Waals surface area contributed by atoms with E-state index in [4.69, 9.17) is 10.2 Å². The molecule has 1 aliphatic heterocycles. The van der Waals surface area contributed by atoms with Gasteiger partial charge in [0.2, 0.25) is 0 Å². The minimum absolute atomic E-state index is 0.202. The minimum atomic E-state index is -0.641. The summed E-state index contributed by atoms with van der Waals surface area (Å²) < 4.78 is 5.76. The summed E-state index contributed by atoms with van der Waals surface area (Å²) in [5.74, 6) is 0.0847. The Morgan fingerprint density at radius 1 is 1.30 bits per heavy atom. The van der Waals surface area contributed by atoms with Crippen LogP contribution in [0.1, 0.15) is 12.2 Å². The number of nitrogens with two attached hydrogens (primary N) is 1. The van der Waals surface area contributed by atoms with Gasteiger partial charge in [0.15, 0.2) is 10.2 Å². The van der Waals surface area contributed by atoms with E-state index in [1.807, 2.05) is 24.3 Å². The summed E-state index contributed by atoms with van der Waals surface area (Å²) in [6, 6.07) is 10.6. The van der Waals surface area contributed by atoms with E-state index in [1.54, 1.807) is 18.2 Å². The molecule has 11 heteroatoms. The second-order valence-corrected chi connectivity index (χ2v) is 8.28. The Morgan fingerprint density at radius 3 is 2.93 bits per heavy atom. The van der Waals surface area contributed by atoms with Crippen molar-refractivity contribution in [2.24, 2.45) is 5.73 Å². The fraction of sp³-hybridized carbons (Fsp3) is 0.158. The van der Waals surface area contributed by atoms with Gasteiger partial charge in [-0.2, -0.15) is 0 Å². The van der Waals surface area contributed by atoms with Crippen LogP contribution in [0.15, 0.2) is 56.0 Å². The molecule has 4 N–H and O–H groups in total. The molecule has 30 heavy (non-hydrogen) atoms. The average molecular weight is 444 g/mol. The summed E-state index contributed by atoms with van der Waals surface area (Å²) in [5.41, 5.74) is 6.79. The maximum Gasteiger partial charge on any atom is 0.312 e. The molecule has 0 unspecified atom stereocenters. The molecule has 154 valence electrons. The van der Waals surface area contributed by atoms with E-state index < -0.39 is 6.03 Å². The molecule has 1 fully saturated rings. The number of imidazole rings is 1. The molecule has 0 aliphatic carbocycles. The van der Waals surface area contributed by atoms with E-state index in [-0.39, 0.29) is 29.1 Å². The highest BCUT2D eigenvalue weighted by Gasteiger charge is 2.34. The number of nitrogens with one attached hydrogen (secondary N) is 2. The number of aromatic nitrogens is 2. The number of aromatic amines is 1. The van der Waals surface area contributed by atoms with Crippen LogP contribution in [0, 0.1) is 0 Å². The number of H-pyrrole nitrogens is 1. The summed E-state index contributed by atoms with van der Waals surface area (Å²) in [4.78, 5) is 44.4. The molecule has 1 saturated heterocycles. The highest BCUT2D eigenvalue weighted by atomic mass is 32.2. The van der Waals surface area contributed by atoms with Gasteiger partial charge in [0.1, 0.15) is 5.76 Å². The van der Waals surface area contributed by atoms with Crippen LogP contribution in [0.3, 0.4) is 0 Å². The van der Waals surface area contributed by atoms with Crippen LogP contribution in [0.4, 0.5) is 9.59 Å². The summed E-state index contributed by atoms with van der Waals surface area (Å²) in [6.45, 7) is 0.490. The van der Waals surface area contributed by atoms with Gasteiger partial charge in [0.25, 0.3) is 11.1 Å². The standard InChI is InChI=1S/C19H17N5O4S2/c20-17(26)21-8-3-9-24-16(25)14(29-19(24)27)10-11-6-7-15(28-11)30-18-22-12-4-1-2-5-13(12)23-18/h1-2,4-7,10H,3,8-9H2,(H,22,23)(H3,20,21,26)/b14-10+. The third-order valence-corrected chi connectivity index (χ3v) is 5.89. The number of para-hydroxylation sites is 2. The molecule has 0 spiro atoms. The third-order valence-electron chi connectivity index (χ3n) is 4.17. The first-order chi connectivity index (χ1) is 14.5. The molecule has 4 amide bonds. The Labute approximate surface area is 179 Å². The van der Waals surface area contributed by atoms with E-state index >= 15 is 0 Å². The van der Waals surface area contributed by atoms with Crippen molar-refractivity contribution in [2.45, 2.75) is 16.7 Å². The molecule has 0 radical (unpaired) electrons. The van der Waals surface area contributed by atoms with Gasteiger partial charge in [-0.25, -0.2) is 9.78 Å². The first kappa shape index (κ1) is 20.1. The van der Waals surface area contributed by atoms with Crippen molar-refractivity contribution >= 4 is 57.8 Å². The van der Waals surface area contributed by atoms with Crippen molar-refractivity contribution in [1.82, 2.24) is 20.2 Å². The highest BCUT2D eigenvalue weighted by Crippen LogP contribution is 2.34. The van der Waals surface area contributed by atoms with Gasteiger partial charge < -0.3 is 20.5 Å². The molecular weight excluding hydrogens is 426 g/mol.